The van der Waals surface area contributed by atoms with Crippen LogP contribution in [0, 0.1) is 15.9 Å². The van der Waals surface area contributed by atoms with E-state index in [2.05, 4.69) is 27.9 Å². The van der Waals surface area contributed by atoms with E-state index < -0.39 is 6.04 Å². The fourth-order valence-electron chi connectivity index (χ4n) is 1.37. The van der Waals surface area contributed by atoms with Gasteiger partial charge in [0.25, 0.3) is 0 Å². The predicted octanol–water partition coefficient (Wildman–Crippen LogP) is 2.91. The van der Waals surface area contributed by atoms with E-state index in [-0.39, 0.29) is 11.3 Å². The zero-order valence-electron chi connectivity index (χ0n) is 10.7. The number of anilines is 1. The lowest BCUT2D eigenvalue weighted by molar-refractivity contribution is -0.119. The molecule has 0 spiro atoms. The summed E-state index contributed by atoms with van der Waals surface area (Å²) in [5, 5.41) is 2.88. The third kappa shape index (κ3) is 3.96. The van der Waals surface area contributed by atoms with Crippen LogP contribution >= 0.6 is 22.6 Å². The molecule has 0 fully saturated rings. The summed E-state index contributed by atoms with van der Waals surface area (Å²) in [5.74, 6) is -0.137. The van der Waals surface area contributed by atoms with Crippen molar-refractivity contribution in [2.75, 3.05) is 5.32 Å². The van der Waals surface area contributed by atoms with Crippen molar-refractivity contribution >= 4 is 34.2 Å². The number of amides is 1. The van der Waals surface area contributed by atoms with Crippen LogP contribution in [0.2, 0.25) is 0 Å². The first-order valence-corrected chi connectivity index (χ1v) is 6.62. The van der Waals surface area contributed by atoms with Crippen molar-refractivity contribution < 1.29 is 4.79 Å². The fraction of sp³-hybridized carbons (Fsp3) is 0.462. The average Bonchev–Trinajstić information content (AvgIpc) is 2.19. The second-order valence-electron chi connectivity index (χ2n) is 5.29. The standard InChI is InChI=1S/C13H19IN2O/c1-8-7-9(14)5-6-10(8)16-12(17)11(15)13(2,3)4/h5-7,11H,15H2,1-4H3,(H,16,17)/t11-/m0/s1. The highest BCUT2D eigenvalue weighted by molar-refractivity contribution is 14.1. The van der Waals surface area contributed by atoms with E-state index in [1.54, 1.807) is 0 Å². The van der Waals surface area contributed by atoms with Crippen LogP contribution in [0.15, 0.2) is 18.2 Å². The molecule has 94 valence electrons. The molecule has 1 atom stereocenters. The van der Waals surface area contributed by atoms with Crippen LogP contribution < -0.4 is 11.1 Å². The molecule has 0 saturated heterocycles. The lowest BCUT2D eigenvalue weighted by Gasteiger charge is -2.26. The normalized spacial score (nSPS) is 13.3. The first-order valence-electron chi connectivity index (χ1n) is 5.54. The van der Waals surface area contributed by atoms with Crippen LogP contribution in [-0.4, -0.2) is 11.9 Å². The van der Waals surface area contributed by atoms with Gasteiger partial charge in [0.1, 0.15) is 0 Å². The Hall–Kier alpha value is -0.620. The first kappa shape index (κ1) is 14.4. The maximum absolute atomic E-state index is 12.0. The van der Waals surface area contributed by atoms with Gasteiger partial charge < -0.3 is 11.1 Å². The number of carbonyl (C=O) groups is 1. The maximum Gasteiger partial charge on any atom is 0.241 e. The van der Waals surface area contributed by atoms with E-state index in [1.807, 2.05) is 45.9 Å². The molecule has 3 N–H and O–H groups in total. The summed E-state index contributed by atoms with van der Waals surface area (Å²) in [6.07, 6.45) is 0. The minimum Gasteiger partial charge on any atom is -0.324 e. The Morgan fingerprint density at radius 1 is 1.41 bits per heavy atom. The second-order valence-corrected chi connectivity index (χ2v) is 6.54. The molecule has 4 heteroatoms. The van der Waals surface area contributed by atoms with Crippen LogP contribution in [0.1, 0.15) is 26.3 Å². The Morgan fingerprint density at radius 3 is 2.47 bits per heavy atom. The Morgan fingerprint density at radius 2 is 2.00 bits per heavy atom. The molecule has 0 saturated carbocycles. The number of aryl methyl sites for hydroxylation is 1. The lowest BCUT2D eigenvalue weighted by atomic mass is 9.87. The van der Waals surface area contributed by atoms with Gasteiger partial charge in [-0.15, -0.1) is 0 Å². The molecule has 0 aromatic heterocycles. The van der Waals surface area contributed by atoms with Gasteiger partial charge in [0.2, 0.25) is 5.91 Å². The second kappa shape index (κ2) is 5.35. The molecular formula is C13H19IN2O. The molecule has 1 aromatic rings. The number of halogens is 1. The van der Waals surface area contributed by atoms with Gasteiger partial charge in [0.15, 0.2) is 0 Å². The van der Waals surface area contributed by atoms with E-state index in [1.165, 1.54) is 0 Å². The van der Waals surface area contributed by atoms with Gasteiger partial charge in [0.05, 0.1) is 6.04 Å². The quantitative estimate of drug-likeness (QED) is 0.809. The highest BCUT2D eigenvalue weighted by Crippen LogP contribution is 2.21. The molecule has 0 aliphatic carbocycles. The molecule has 1 amide bonds. The largest absolute Gasteiger partial charge is 0.324 e. The molecule has 0 aliphatic rings. The zero-order valence-corrected chi connectivity index (χ0v) is 12.8. The van der Waals surface area contributed by atoms with E-state index in [4.69, 9.17) is 5.73 Å². The summed E-state index contributed by atoms with van der Waals surface area (Å²) in [5.41, 5.74) is 7.55. The van der Waals surface area contributed by atoms with Crippen LogP contribution in [-0.2, 0) is 4.79 Å². The number of nitrogens with two attached hydrogens (primary N) is 1. The van der Waals surface area contributed by atoms with Gasteiger partial charge in [-0.2, -0.15) is 0 Å². The predicted molar refractivity (Wildman–Crippen MR) is 80.0 cm³/mol. The smallest absolute Gasteiger partial charge is 0.241 e. The molecule has 1 rings (SSSR count). The Balaban J connectivity index is 2.82. The Bertz CT molecular complexity index is 424. The van der Waals surface area contributed by atoms with E-state index in [0.717, 1.165) is 14.8 Å². The van der Waals surface area contributed by atoms with Crippen molar-refractivity contribution in [2.45, 2.75) is 33.7 Å². The fourth-order valence-corrected chi connectivity index (χ4v) is 2.02. The molecular weight excluding hydrogens is 327 g/mol. The van der Waals surface area contributed by atoms with Crippen molar-refractivity contribution in [2.24, 2.45) is 11.1 Å². The molecule has 0 aliphatic heterocycles. The minimum absolute atomic E-state index is 0.137. The summed E-state index contributed by atoms with van der Waals surface area (Å²) in [4.78, 5) is 12.0. The summed E-state index contributed by atoms with van der Waals surface area (Å²) in [7, 11) is 0. The zero-order chi connectivity index (χ0) is 13.2. The molecule has 1 aromatic carbocycles. The van der Waals surface area contributed by atoms with Crippen LogP contribution in [0.4, 0.5) is 5.69 Å². The van der Waals surface area contributed by atoms with Crippen LogP contribution in [0.3, 0.4) is 0 Å². The monoisotopic (exact) mass is 346 g/mol. The van der Waals surface area contributed by atoms with Crippen molar-refractivity contribution in [1.82, 2.24) is 0 Å². The number of hydrogen-bond donors (Lipinski definition) is 2. The van der Waals surface area contributed by atoms with Crippen LogP contribution in [0.25, 0.3) is 0 Å². The van der Waals surface area contributed by atoms with Crippen LogP contribution in [0.5, 0.6) is 0 Å². The van der Waals surface area contributed by atoms with Crippen molar-refractivity contribution in [3.8, 4) is 0 Å². The van der Waals surface area contributed by atoms with Gasteiger partial charge in [0, 0.05) is 9.26 Å². The molecule has 17 heavy (non-hydrogen) atoms. The SMILES string of the molecule is Cc1cc(I)ccc1NC(=O)[C@H](N)C(C)(C)C. The molecule has 0 radical (unpaired) electrons. The van der Waals surface area contributed by atoms with Gasteiger partial charge >= 0.3 is 0 Å². The highest BCUT2D eigenvalue weighted by Gasteiger charge is 2.27. The van der Waals surface area contributed by atoms with Gasteiger partial charge in [-0.05, 0) is 58.7 Å². The van der Waals surface area contributed by atoms with Crippen molar-refractivity contribution in [3.05, 3.63) is 27.3 Å². The summed E-state index contributed by atoms with van der Waals surface area (Å²) >= 11 is 2.24. The van der Waals surface area contributed by atoms with Gasteiger partial charge in [-0.1, -0.05) is 20.8 Å². The number of hydrogen-bond acceptors (Lipinski definition) is 2. The Labute approximate surface area is 116 Å². The van der Waals surface area contributed by atoms with Gasteiger partial charge in [-0.25, -0.2) is 0 Å². The summed E-state index contributed by atoms with van der Waals surface area (Å²) in [6.45, 7) is 7.84. The third-order valence-corrected chi connectivity index (χ3v) is 3.33. The number of carbonyl (C=O) groups excluding carboxylic acids is 1. The number of benzene rings is 1. The van der Waals surface area contributed by atoms with Gasteiger partial charge in [-0.3, -0.25) is 4.79 Å². The minimum atomic E-state index is -0.513. The van der Waals surface area contributed by atoms with Crippen molar-refractivity contribution in [1.29, 1.82) is 0 Å². The first-order chi connectivity index (χ1) is 7.71. The van der Waals surface area contributed by atoms with Crippen molar-refractivity contribution in [3.63, 3.8) is 0 Å². The maximum atomic E-state index is 12.0. The summed E-state index contributed by atoms with van der Waals surface area (Å²) in [6, 6.07) is 5.38. The van der Waals surface area contributed by atoms with E-state index >= 15 is 0 Å². The number of rotatable bonds is 2. The Kier molecular flexibility index (Phi) is 4.55. The lowest BCUT2D eigenvalue weighted by Crippen LogP contribution is -2.45. The topological polar surface area (TPSA) is 55.1 Å². The molecule has 0 unspecified atom stereocenters. The molecule has 0 heterocycles. The highest BCUT2D eigenvalue weighted by atomic mass is 127. The van der Waals surface area contributed by atoms with E-state index in [9.17, 15) is 4.79 Å². The number of nitrogens with one attached hydrogen (secondary N) is 1. The molecule has 0 bridgehead atoms. The average molecular weight is 346 g/mol. The molecule has 3 nitrogen and oxygen atoms in total. The summed E-state index contributed by atoms with van der Waals surface area (Å²) < 4.78 is 1.15. The third-order valence-electron chi connectivity index (χ3n) is 2.66. The van der Waals surface area contributed by atoms with E-state index in [0.29, 0.717) is 0 Å².